The summed E-state index contributed by atoms with van der Waals surface area (Å²) < 4.78 is 0. The Morgan fingerprint density at radius 1 is 0.696 bits per heavy atom. The van der Waals surface area contributed by atoms with Crippen LogP contribution >= 0.6 is 0 Å². The molecule has 0 aliphatic heterocycles. The van der Waals surface area contributed by atoms with Gasteiger partial charge >= 0.3 is 5.97 Å². The zero-order chi connectivity index (χ0) is 17.0. The van der Waals surface area contributed by atoms with Gasteiger partial charge in [0, 0.05) is 6.08 Å². The van der Waals surface area contributed by atoms with Gasteiger partial charge in [0.05, 0.1) is 0 Å². The van der Waals surface area contributed by atoms with Crippen molar-refractivity contribution >= 4 is 5.97 Å². The number of hydrogen-bond acceptors (Lipinski definition) is 1. The number of unbranched alkanes of at least 4 members (excludes halogenated alkanes) is 10. The molecule has 0 saturated carbocycles. The highest BCUT2D eigenvalue weighted by molar-refractivity contribution is 5.80. The van der Waals surface area contributed by atoms with E-state index in [-0.39, 0.29) is 0 Å². The molecule has 0 amide bonds. The van der Waals surface area contributed by atoms with E-state index in [2.05, 4.69) is 19.1 Å². The second kappa shape index (κ2) is 18.5. The molecule has 0 bridgehead atoms. The number of carboxylic acid groups (broad SMARTS) is 1. The number of rotatable bonds is 15. The first kappa shape index (κ1) is 21.4. The molecule has 0 rings (SSSR count). The molecule has 0 unspecified atom stereocenters. The second-order valence-corrected chi connectivity index (χ2v) is 5.87. The fourth-order valence-electron chi connectivity index (χ4n) is 2.32. The molecule has 23 heavy (non-hydrogen) atoms. The van der Waals surface area contributed by atoms with Crippen molar-refractivity contribution in [2.75, 3.05) is 0 Å². The summed E-state index contributed by atoms with van der Waals surface area (Å²) in [6.07, 6.45) is 29.2. The van der Waals surface area contributed by atoms with Gasteiger partial charge in [0.25, 0.3) is 0 Å². The Hall–Kier alpha value is -1.57. The van der Waals surface area contributed by atoms with Crippen molar-refractivity contribution in [1.82, 2.24) is 0 Å². The van der Waals surface area contributed by atoms with Crippen LogP contribution in [0.4, 0.5) is 0 Å². The molecule has 2 heteroatoms. The van der Waals surface area contributed by atoms with E-state index in [1.807, 2.05) is 18.2 Å². The lowest BCUT2D eigenvalue weighted by Crippen LogP contribution is -1.84. The molecule has 130 valence electrons. The van der Waals surface area contributed by atoms with Crippen molar-refractivity contribution in [2.24, 2.45) is 0 Å². The predicted octanol–water partition coefficient (Wildman–Crippen LogP) is 6.61. The third-order valence-corrected chi connectivity index (χ3v) is 3.65. The lowest BCUT2D eigenvalue weighted by molar-refractivity contribution is -0.131. The van der Waals surface area contributed by atoms with E-state index in [0.717, 1.165) is 12.5 Å². The molecule has 0 aromatic rings. The molecule has 0 aliphatic rings. The van der Waals surface area contributed by atoms with Crippen molar-refractivity contribution in [3.8, 4) is 0 Å². The maximum Gasteiger partial charge on any atom is 0.328 e. The summed E-state index contributed by atoms with van der Waals surface area (Å²) in [6.45, 7) is 2.26. The maximum atomic E-state index is 10.2. The van der Waals surface area contributed by atoms with E-state index in [4.69, 9.17) is 5.11 Å². The minimum Gasteiger partial charge on any atom is -0.478 e. The molecule has 0 saturated heterocycles. The average molecular weight is 319 g/mol. The van der Waals surface area contributed by atoms with Crippen LogP contribution in [-0.2, 0) is 4.79 Å². The van der Waals surface area contributed by atoms with E-state index in [0.29, 0.717) is 0 Å². The van der Waals surface area contributed by atoms with E-state index < -0.39 is 5.97 Å². The molecule has 0 aromatic heterocycles. The van der Waals surface area contributed by atoms with Crippen LogP contribution in [0.2, 0.25) is 0 Å². The monoisotopic (exact) mass is 318 g/mol. The van der Waals surface area contributed by atoms with Crippen LogP contribution in [0.3, 0.4) is 0 Å². The molecule has 0 atom stereocenters. The van der Waals surface area contributed by atoms with Crippen molar-refractivity contribution < 1.29 is 9.90 Å². The van der Waals surface area contributed by atoms with Gasteiger partial charge in [-0.25, -0.2) is 4.79 Å². The van der Waals surface area contributed by atoms with Crippen molar-refractivity contribution in [1.29, 1.82) is 0 Å². The molecule has 0 fully saturated rings. The van der Waals surface area contributed by atoms with Crippen LogP contribution < -0.4 is 0 Å². The Morgan fingerprint density at radius 2 is 1.17 bits per heavy atom. The highest BCUT2D eigenvalue weighted by Gasteiger charge is 1.91. The number of hydrogen-bond donors (Lipinski definition) is 1. The van der Waals surface area contributed by atoms with Crippen LogP contribution in [0.1, 0.15) is 77.6 Å². The average Bonchev–Trinajstić information content (AvgIpc) is 2.53. The topological polar surface area (TPSA) is 37.3 Å². The lowest BCUT2D eigenvalue weighted by atomic mass is 10.1. The Labute approximate surface area is 142 Å². The van der Waals surface area contributed by atoms with E-state index >= 15 is 0 Å². The third kappa shape index (κ3) is 20.4. The zero-order valence-corrected chi connectivity index (χ0v) is 14.8. The van der Waals surface area contributed by atoms with Gasteiger partial charge in [0.15, 0.2) is 0 Å². The summed E-state index contributed by atoms with van der Waals surface area (Å²) in [5.74, 6) is -0.921. The summed E-state index contributed by atoms with van der Waals surface area (Å²) >= 11 is 0. The molecule has 0 radical (unpaired) electrons. The summed E-state index contributed by atoms with van der Waals surface area (Å²) in [5.41, 5.74) is 0. The first-order chi connectivity index (χ1) is 11.3. The van der Waals surface area contributed by atoms with E-state index in [1.54, 1.807) is 6.08 Å². The van der Waals surface area contributed by atoms with Gasteiger partial charge in [-0.3, -0.25) is 0 Å². The van der Waals surface area contributed by atoms with Gasteiger partial charge in [-0.1, -0.05) is 107 Å². The number of carboxylic acids is 1. The van der Waals surface area contributed by atoms with Gasteiger partial charge in [0.1, 0.15) is 0 Å². The molecule has 1 N–H and O–H groups in total. The highest BCUT2D eigenvalue weighted by atomic mass is 16.4. The second-order valence-electron chi connectivity index (χ2n) is 5.87. The maximum absolute atomic E-state index is 10.2. The highest BCUT2D eigenvalue weighted by Crippen LogP contribution is 2.11. The molecular weight excluding hydrogens is 284 g/mol. The molecule has 0 spiro atoms. The van der Waals surface area contributed by atoms with Crippen LogP contribution in [0.5, 0.6) is 0 Å². The molecule has 0 aliphatic carbocycles. The van der Waals surface area contributed by atoms with Crippen molar-refractivity contribution in [2.45, 2.75) is 77.6 Å². The largest absolute Gasteiger partial charge is 0.478 e. The third-order valence-electron chi connectivity index (χ3n) is 3.65. The smallest absolute Gasteiger partial charge is 0.328 e. The van der Waals surface area contributed by atoms with Gasteiger partial charge < -0.3 is 5.11 Å². The lowest BCUT2D eigenvalue weighted by Gasteiger charge is -2.01. The fraction of sp³-hybridized carbons (Fsp3) is 0.571. The zero-order valence-electron chi connectivity index (χ0n) is 14.8. The Morgan fingerprint density at radius 3 is 1.74 bits per heavy atom. The minimum atomic E-state index is -0.921. The van der Waals surface area contributed by atoms with Gasteiger partial charge in [-0.05, 0) is 12.8 Å². The molecule has 2 nitrogen and oxygen atoms in total. The van der Waals surface area contributed by atoms with Crippen molar-refractivity contribution in [3.63, 3.8) is 0 Å². The van der Waals surface area contributed by atoms with E-state index in [9.17, 15) is 4.79 Å². The van der Waals surface area contributed by atoms with Gasteiger partial charge in [-0.2, -0.15) is 0 Å². The van der Waals surface area contributed by atoms with Crippen molar-refractivity contribution in [3.05, 3.63) is 48.6 Å². The van der Waals surface area contributed by atoms with Gasteiger partial charge in [-0.15, -0.1) is 0 Å². The van der Waals surface area contributed by atoms with Crippen LogP contribution in [-0.4, -0.2) is 11.1 Å². The molecule has 0 aromatic carbocycles. The first-order valence-electron chi connectivity index (χ1n) is 9.17. The Bertz CT molecular complexity index is 375. The van der Waals surface area contributed by atoms with Gasteiger partial charge in [0.2, 0.25) is 0 Å². The van der Waals surface area contributed by atoms with Crippen LogP contribution in [0.25, 0.3) is 0 Å². The fourth-order valence-corrected chi connectivity index (χ4v) is 2.32. The Kier molecular flexibility index (Phi) is 17.2. The summed E-state index contributed by atoms with van der Waals surface area (Å²) in [7, 11) is 0. The number of allylic oxidation sites excluding steroid dienone is 7. The number of carbonyl (C=O) groups is 1. The van der Waals surface area contributed by atoms with Crippen LogP contribution in [0.15, 0.2) is 48.6 Å². The number of aliphatic carboxylic acids is 1. The molecular formula is C21H34O2. The normalized spacial score (nSPS) is 12.4. The first-order valence-corrected chi connectivity index (χ1v) is 9.17. The summed E-state index contributed by atoms with van der Waals surface area (Å²) in [6, 6.07) is 0. The summed E-state index contributed by atoms with van der Waals surface area (Å²) in [5, 5.41) is 8.40. The van der Waals surface area contributed by atoms with E-state index in [1.165, 1.54) is 70.3 Å². The minimum absolute atomic E-state index is 0.921. The predicted molar refractivity (Wildman–Crippen MR) is 101 cm³/mol. The summed E-state index contributed by atoms with van der Waals surface area (Å²) in [4.78, 5) is 10.2. The Balaban J connectivity index is 3.32. The van der Waals surface area contributed by atoms with Crippen LogP contribution in [0, 0.1) is 0 Å². The SMILES string of the molecule is CCCCCCCCCCCCC=CC=CC=CC=CC(=O)O. The quantitative estimate of drug-likeness (QED) is 0.210. The standard InChI is InChI=1S/C21H34O2/c1-2-3-4-5-6-7-8-9-10-11-12-13-14-15-16-17-18-19-20-21(22)23/h13-20H,2-12H2,1H3,(H,22,23). The molecule has 0 heterocycles.